The van der Waals surface area contributed by atoms with Crippen molar-refractivity contribution >= 4 is 16.9 Å². The molecule has 1 fully saturated rings. The van der Waals surface area contributed by atoms with Gasteiger partial charge >= 0.3 is 6.18 Å². The lowest BCUT2D eigenvalue weighted by molar-refractivity contribution is -0.136. The van der Waals surface area contributed by atoms with Crippen LogP contribution in [-0.2, 0) is 12.7 Å². The van der Waals surface area contributed by atoms with Gasteiger partial charge in [0.15, 0.2) is 0 Å². The molecule has 7 heteroatoms. The first-order valence-electron chi connectivity index (χ1n) is 9.99. The summed E-state index contributed by atoms with van der Waals surface area (Å²) in [5.41, 5.74) is 6.03. The fourth-order valence-corrected chi connectivity index (χ4v) is 3.88. The predicted molar refractivity (Wildman–Crippen MR) is 109 cm³/mol. The second kappa shape index (κ2) is 7.80. The molecule has 158 valence electrons. The lowest BCUT2D eigenvalue weighted by atomic mass is 9.97. The lowest BCUT2D eigenvalue weighted by Gasteiger charge is -2.30. The zero-order chi connectivity index (χ0) is 21.5. The summed E-state index contributed by atoms with van der Waals surface area (Å²) in [7, 11) is 0. The summed E-state index contributed by atoms with van der Waals surface area (Å²) in [5.74, 6) is 0.878. The fourth-order valence-electron chi connectivity index (χ4n) is 3.88. The molecule has 2 aromatic carbocycles. The van der Waals surface area contributed by atoms with Gasteiger partial charge in [-0.2, -0.15) is 13.2 Å². The Labute approximate surface area is 172 Å². The van der Waals surface area contributed by atoms with Crippen molar-refractivity contribution in [1.29, 1.82) is 0 Å². The van der Waals surface area contributed by atoms with Gasteiger partial charge in [0.05, 0.1) is 12.1 Å². The third kappa shape index (κ3) is 3.94. The first kappa shape index (κ1) is 20.5. The summed E-state index contributed by atoms with van der Waals surface area (Å²) in [6.45, 7) is 3.67. The van der Waals surface area contributed by atoms with Gasteiger partial charge in [0.1, 0.15) is 11.3 Å². The quantitative estimate of drug-likeness (QED) is 0.618. The summed E-state index contributed by atoms with van der Waals surface area (Å²) in [4.78, 5) is 14.5. The van der Waals surface area contributed by atoms with E-state index in [1.54, 1.807) is 30.3 Å². The second-order valence-electron chi connectivity index (χ2n) is 7.91. The number of furan rings is 1. The maximum Gasteiger partial charge on any atom is 0.420 e. The van der Waals surface area contributed by atoms with Gasteiger partial charge in [-0.3, -0.25) is 4.79 Å². The van der Waals surface area contributed by atoms with Gasteiger partial charge in [0.2, 0.25) is 0 Å². The highest BCUT2D eigenvalue weighted by atomic mass is 19.4. The van der Waals surface area contributed by atoms with Crippen molar-refractivity contribution in [3.8, 4) is 11.1 Å². The molecule has 1 amide bonds. The van der Waals surface area contributed by atoms with E-state index in [2.05, 4.69) is 6.92 Å². The minimum absolute atomic E-state index is 0.0212. The number of amides is 1. The van der Waals surface area contributed by atoms with Crippen LogP contribution in [0.3, 0.4) is 0 Å². The number of likely N-dealkylation sites (tertiary alicyclic amines) is 1. The Kier molecular flexibility index (Phi) is 5.32. The molecule has 0 radical (unpaired) electrons. The normalized spacial score (nSPS) is 15.7. The van der Waals surface area contributed by atoms with Crippen molar-refractivity contribution in [3.05, 3.63) is 59.4 Å². The van der Waals surface area contributed by atoms with Crippen LogP contribution in [0.15, 0.2) is 46.9 Å². The highest BCUT2D eigenvalue weighted by molar-refractivity contribution is 5.95. The third-order valence-electron chi connectivity index (χ3n) is 5.71. The van der Waals surface area contributed by atoms with Crippen LogP contribution in [-0.4, -0.2) is 23.9 Å². The molecule has 3 aromatic rings. The number of hydrogen-bond donors (Lipinski definition) is 1. The first-order valence-corrected chi connectivity index (χ1v) is 9.99. The van der Waals surface area contributed by atoms with Crippen LogP contribution in [0.1, 0.15) is 41.4 Å². The maximum atomic E-state index is 13.6. The molecule has 1 aliphatic heterocycles. The highest BCUT2D eigenvalue weighted by Gasteiger charge is 2.35. The van der Waals surface area contributed by atoms with Gasteiger partial charge in [-0.05, 0) is 60.2 Å². The van der Waals surface area contributed by atoms with Crippen molar-refractivity contribution in [2.45, 2.75) is 32.5 Å². The molecule has 0 unspecified atom stereocenters. The van der Waals surface area contributed by atoms with Crippen LogP contribution in [0.4, 0.5) is 13.2 Å². The van der Waals surface area contributed by atoms with E-state index in [1.807, 2.05) is 4.90 Å². The predicted octanol–water partition coefficient (Wildman–Crippen LogP) is 5.45. The lowest BCUT2D eigenvalue weighted by Crippen LogP contribution is -2.37. The van der Waals surface area contributed by atoms with E-state index in [0.29, 0.717) is 33.8 Å². The first-order chi connectivity index (χ1) is 14.3. The van der Waals surface area contributed by atoms with E-state index in [1.165, 1.54) is 6.07 Å². The smallest absolute Gasteiger partial charge is 0.420 e. The number of nitrogens with zero attached hydrogens (tertiary/aromatic N) is 1. The van der Waals surface area contributed by atoms with Crippen LogP contribution in [0.25, 0.3) is 22.1 Å². The number of rotatable bonds is 3. The van der Waals surface area contributed by atoms with Crippen LogP contribution in [0.5, 0.6) is 0 Å². The van der Waals surface area contributed by atoms with Gasteiger partial charge in [0.25, 0.3) is 5.91 Å². The molecule has 0 spiro atoms. The molecule has 1 aliphatic rings. The Morgan fingerprint density at radius 3 is 2.37 bits per heavy atom. The summed E-state index contributed by atoms with van der Waals surface area (Å²) in [6.07, 6.45) is -2.58. The van der Waals surface area contributed by atoms with Crippen LogP contribution < -0.4 is 5.73 Å². The average Bonchev–Trinajstić information content (AvgIpc) is 3.15. The molecule has 0 atom stereocenters. The van der Waals surface area contributed by atoms with Gasteiger partial charge in [0, 0.05) is 24.0 Å². The number of hydrogen-bond acceptors (Lipinski definition) is 3. The summed E-state index contributed by atoms with van der Waals surface area (Å²) in [6, 6.07) is 11.0. The van der Waals surface area contributed by atoms with Crippen molar-refractivity contribution in [3.63, 3.8) is 0 Å². The zero-order valence-corrected chi connectivity index (χ0v) is 16.6. The van der Waals surface area contributed by atoms with Crippen molar-refractivity contribution in [2.24, 2.45) is 11.7 Å². The Balaban J connectivity index is 1.66. The van der Waals surface area contributed by atoms with E-state index in [4.69, 9.17) is 10.2 Å². The van der Waals surface area contributed by atoms with Crippen molar-refractivity contribution in [2.75, 3.05) is 13.1 Å². The molecule has 1 aromatic heterocycles. The van der Waals surface area contributed by atoms with Crippen LogP contribution in [0.2, 0.25) is 0 Å². The minimum atomic E-state index is -4.56. The van der Waals surface area contributed by atoms with E-state index in [9.17, 15) is 18.0 Å². The molecule has 0 saturated carbocycles. The summed E-state index contributed by atoms with van der Waals surface area (Å²) in [5, 5.41) is 0.350. The molecule has 1 saturated heterocycles. The average molecular weight is 416 g/mol. The molecule has 2 heterocycles. The number of carbonyl (C=O) groups is 1. The Bertz CT molecular complexity index is 1060. The van der Waals surface area contributed by atoms with E-state index < -0.39 is 11.7 Å². The number of alkyl halides is 3. The Morgan fingerprint density at radius 1 is 1.10 bits per heavy atom. The minimum Gasteiger partial charge on any atom is -0.459 e. The number of nitrogens with two attached hydrogens (primary N) is 1. The number of fused-ring (bicyclic) bond motifs is 1. The molecule has 2 N–H and O–H groups in total. The summed E-state index contributed by atoms with van der Waals surface area (Å²) >= 11 is 0. The van der Waals surface area contributed by atoms with E-state index in [0.717, 1.165) is 32.0 Å². The van der Waals surface area contributed by atoms with E-state index >= 15 is 0 Å². The Hall–Kier alpha value is -2.80. The molecule has 30 heavy (non-hydrogen) atoms. The molecular weight excluding hydrogens is 393 g/mol. The van der Waals surface area contributed by atoms with Gasteiger partial charge in [-0.25, -0.2) is 0 Å². The summed E-state index contributed by atoms with van der Waals surface area (Å²) < 4.78 is 46.1. The molecule has 4 rings (SSSR count). The molecule has 0 aliphatic carbocycles. The standard InChI is InChI=1S/C23H23F3N2O2/c1-14-6-8-28(9-7-14)22(29)16-4-2-15(3-5-16)17-10-18-11-19(13-27)30-21(18)20(12-17)23(24,25)26/h2-5,10-12,14H,6-9,13,27H2,1H3. The fraction of sp³-hybridized carbons (Fsp3) is 0.348. The highest BCUT2D eigenvalue weighted by Crippen LogP contribution is 2.39. The number of halogens is 3. The number of piperidine rings is 1. The molecular formula is C23H23F3N2O2. The molecule has 4 nitrogen and oxygen atoms in total. The van der Waals surface area contributed by atoms with Gasteiger partial charge in [-0.1, -0.05) is 19.1 Å². The monoisotopic (exact) mass is 416 g/mol. The number of carbonyl (C=O) groups excluding carboxylic acids is 1. The topological polar surface area (TPSA) is 59.5 Å². The molecule has 0 bridgehead atoms. The van der Waals surface area contributed by atoms with Crippen molar-refractivity contribution < 1.29 is 22.4 Å². The van der Waals surface area contributed by atoms with Gasteiger partial charge in [-0.15, -0.1) is 0 Å². The number of benzene rings is 2. The van der Waals surface area contributed by atoms with Crippen molar-refractivity contribution in [1.82, 2.24) is 4.90 Å². The van der Waals surface area contributed by atoms with Gasteiger partial charge < -0.3 is 15.1 Å². The SMILES string of the molecule is CC1CCN(C(=O)c2ccc(-c3cc(C(F)(F)F)c4oc(CN)cc4c3)cc2)CC1. The van der Waals surface area contributed by atoms with E-state index in [-0.39, 0.29) is 18.0 Å². The Morgan fingerprint density at radius 2 is 1.77 bits per heavy atom. The van der Waals surface area contributed by atoms with Crippen LogP contribution in [0, 0.1) is 5.92 Å². The largest absolute Gasteiger partial charge is 0.459 e. The third-order valence-corrected chi connectivity index (χ3v) is 5.71. The van der Waals surface area contributed by atoms with Crippen LogP contribution >= 0.6 is 0 Å². The zero-order valence-electron chi connectivity index (χ0n) is 16.6. The maximum absolute atomic E-state index is 13.6. The second-order valence-corrected chi connectivity index (χ2v) is 7.91.